The van der Waals surface area contributed by atoms with Crippen LogP contribution < -0.4 is 10.6 Å². The Morgan fingerprint density at radius 2 is 2.11 bits per heavy atom. The zero-order chi connectivity index (χ0) is 13.3. The number of aromatic nitrogens is 2. The summed E-state index contributed by atoms with van der Waals surface area (Å²) in [4.78, 5) is 10.4. The third-order valence-corrected chi connectivity index (χ3v) is 3.45. The van der Waals surface area contributed by atoms with E-state index in [2.05, 4.69) is 9.97 Å². The summed E-state index contributed by atoms with van der Waals surface area (Å²) in [5.74, 6) is -1.86. The van der Waals surface area contributed by atoms with E-state index < -0.39 is 11.6 Å². The average molecular weight is 270 g/mol. The van der Waals surface area contributed by atoms with Gasteiger partial charge >= 0.3 is 0 Å². The average Bonchev–Trinajstić information content (AvgIpc) is 2.69. The molecule has 0 aliphatic heterocycles. The minimum absolute atomic E-state index is 0.0294. The Kier molecular flexibility index (Phi) is 3.42. The number of thiazole rings is 1. The number of nitrogen functional groups attached to an aromatic ring is 1. The van der Waals surface area contributed by atoms with Crippen molar-refractivity contribution in [3.63, 3.8) is 0 Å². The SMILES string of the molecule is Cc1ncsc1CN(C)c1nc(N)c(F)cc1F. The molecule has 2 N–H and O–H groups in total. The number of halogens is 2. The molecule has 0 aliphatic rings. The molecule has 0 spiro atoms. The molecule has 0 atom stereocenters. The Morgan fingerprint density at radius 3 is 2.72 bits per heavy atom. The first-order valence-electron chi connectivity index (χ1n) is 5.20. The molecule has 2 heterocycles. The van der Waals surface area contributed by atoms with Crippen LogP contribution in [0.2, 0.25) is 0 Å². The van der Waals surface area contributed by atoms with Gasteiger partial charge in [-0.2, -0.15) is 0 Å². The summed E-state index contributed by atoms with van der Waals surface area (Å²) in [7, 11) is 1.67. The van der Waals surface area contributed by atoms with Gasteiger partial charge in [-0.3, -0.25) is 0 Å². The minimum Gasteiger partial charge on any atom is -0.381 e. The van der Waals surface area contributed by atoms with Gasteiger partial charge in [0.2, 0.25) is 0 Å². The molecule has 7 heteroatoms. The van der Waals surface area contributed by atoms with Crippen LogP contribution in [-0.2, 0) is 6.54 Å². The first-order valence-corrected chi connectivity index (χ1v) is 6.08. The van der Waals surface area contributed by atoms with Crippen LogP contribution in [0.3, 0.4) is 0 Å². The lowest BCUT2D eigenvalue weighted by Crippen LogP contribution is -2.20. The molecular weight excluding hydrogens is 258 g/mol. The molecule has 96 valence electrons. The fourth-order valence-electron chi connectivity index (χ4n) is 1.51. The number of anilines is 2. The summed E-state index contributed by atoms with van der Waals surface area (Å²) < 4.78 is 26.6. The molecule has 0 unspecified atom stereocenters. The second-order valence-corrected chi connectivity index (χ2v) is 4.82. The largest absolute Gasteiger partial charge is 0.381 e. The standard InChI is InChI=1S/C11H12F2N4S/c1-6-9(18-5-15-6)4-17(2)11-8(13)3-7(12)10(14)16-11/h3,5H,4H2,1-2H3,(H2,14,16). The normalized spacial score (nSPS) is 10.7. The summed E-state index contributed by atoms with van der Waals surface area (Å²) >= 11 is 1.48. The van der Waals surface area contributed by atoms with Crippen LogP contribution in [0.4, 0.5) is 20.4 Å². The number of pyridine rings is 1. The number of nitrogens with two attached hydrogens (primary N) is 1. The van der Waals surface area contributed by atoms with E-state index >= 15 is 0 Å². The molecule has 0 radical (unpaired) electrons. The van der Waals surface area contributed by atoms with Gasteiger partial charge in [0.25, 0.3) is 0 Å². The Balaban J connectivity index is 2.26. The van der Waals surface area contributed by atoms with Gasteiger partial charge in [0.05, 0.1) is 17.7 Å². The second kappa shape index (κ2) is 4.85. The van der Waals surface area contributed by atoms with Crippen LogP contribution in [0.15, 0.2) is 11.6 Å². The van der Waals surface area contributed by atoms with Crippen molar-refractivity contribution in [1.29, 1.82) is 0 Å². The van der Waals surface area contributed by atoms with Gasteiger partial charge in [-0.25, -0.2) is 18.7 Å². The Labute approximate surface area is 107 Å². The Morgan fingerprint density at radius 1 is 1.39 bits per heavy atom. The van der Waals surface area contributed by atoms with Crippen LogP contribution in [0, 0.1) is 18.6 Å². The lowest BCUT2D eigenvalue weighted by atomic mass is 10.3. The van der Waals surface area contributed by atoms with Crippen molar-refractivity contribution < 1.29 is 8.78 Å². The summed E-state index contributed by atoms with van der Waals surface area (Å²) in [6.07, 6.45) is 0. The van der Waals surface area contributed by atoms with Crippen LogP contribution in [0.25, 0.3) is 0 Å². The zero-order valence-electron chi connectivity index (χ0n) is 9.94. The monoisotopic (exact) mass is 270 g/mol. The highest BCUT2D eigenvalue weighted by molar-refractivity contribution is 7.09. The van der Waals surface area contributed by atoms with E-state index in [1.165, 1.54) is 11.3 Å². The fourth-order valence-corrected chi connectivity index (χ4v) is 2.34. The van der Waals surface area contributed by atoms with Crippen LogP contribution >= 0.6 is 11.3 Å². The number of rotatable bonds is 3. The molecule has 0 aromatic carbocycles. The quantitative estimate of drug-likeness (QED) is 0.930. The van der Waals surface area contributed by atoms with Crippen molar-refractivity contribution in [2.24, 2.45) is 0 Å². The molecule has 0 saturated heterocycles. The number of hydrogen-bond donors (Lipinski definition) is 1. The van der Waals surface area contributed by atoms with Gasteiger partial charge in [-0.1, -0.05) is 0 Å². The van der Waals surface area contributed by atoms with E-state index in [-0.39, 0.29) is 11.6 Å². The van der Waals surface area contributed by atoms with E-state index in [0.717, 1.165) is 16.6 Å². The predicted molar refractivity (Wildman–Crippen MR) is 67.5 cm³/mol. The first-order chi connectivity index (χ1) is 8.49. The van der Waals surface area contributed by atoms with Crippen molar-refractivity contribution in [3.8, 4) is 0 Å². The van der Waals surface area contributed by atoms with Gasteiger partial charge in [0.15, 0.2) is 23.3 Å². The summed E-state index contributed by atoms with van der Waals surface area (Å²) in [6, 6.07) is 0.744. The highest BCUT2D eigenvalue weighted by Gasteiger charge is 2.15. The molecule has 18 heavy (non-hydrogen) atoms. The third kappa shape index (κ3) is 2.40. The molecule has 2 aromatic heterocycles. The summed E-state index contributed by atoms with van der Waals surface area (Å²) in [6.45, 7) is 2.33. The van der Waals surface area contributed by atoms with E-state index in [1.807, 2.05) is 6.92 Å². The Bertz CT molecular complexity index is 570. The number of nitrogens with zero attached hydrogens (tertiary/aromatic N) is 3. The molecular formula is C11H12F2N4S. The zero-order valence-corrected chi connectivity index (χ0v) is 10.8. The number of hydrogen-bond acceptors (Lipinski definition) is 5. The van der Waals surface area contributed by atoms with E-state index in [4.69, 9.17) is 5.73 Å². The van der Waals surface area contributed by atoms with Crippen molar-refractivity contribution in [1.82, 2.24) is 9.97 Å². The van der Waals surface area contributed by atoms with Gasteiger partial charge in [-0.15, -0.1) is 11.3 Å². The maximum absolute atomic E-state index is 13.6. The van der Waals surface area contributed by atoms with Gasteiger partial charge in [0, 0.05) is 18.0 Å². The van der Waals surface area contributed by atoms with E-state index in [9.17, 15) is 8.78 Å². The van der Waals surface area contributed by atoms with E-state index in [1.54, 1.807) is 17.5 Å². The van der Waals surface area contributed by atoms with Crippen LogP contribution in [0.5, 0.6) is 0 Å². The van der Waals surface area contributed by atoms with Crippen LogP contribution in [0.1, 0.15) is 10.6 Å². The molecule has 0 bridgehead atoms. The van der Waals surface area contributed by atoms with Gasteiger partial charge in [-0.05, 0) is 6.92 Å². The van der Waals surface area contributed by atoms with Crippen molar-refractivity contribution in [2.45, 2.75) is 13.5 Å². The summed E-state index contributed by atoms with van der Waals surface area (Å²) in [5.41, 5.74) is 7.96. The molecule has 0 saturated carbocycles. The molecule has 2 aromatic rings. The lowest BCUT2D eigenvalue weighted by Gasteiger charge is -2.18. The third-order valence-electron chi connectivity index (χ3n) is 2.53. The molecule has 0 amide bonds. The van der Waals surface area contributed by atoms with Crippen molar-refractivity contribution in [2.75, 3.05) is 17.7 Å². The van der Waals surface area contributed by atoms with Crippen molar-refractivity contribution >= 4 is 23.0 Å². The summed E-state index contributed by atoms with van der Waals surface area (Å²) in [5, 5.41) is 0. The first kappa shape index (κ1) is 12.7. The minimum atomic E-state index is -0.848. The van der Waals surface area contributed by atoms with Crippen molar-refractivity contribution in [3.05, 3.63) is 33.8 Å². The maximum Gasteiger partial charge on any atom is 0.168 e. The highest BCUT2D eigenvalue weighted by atomic mass is 32.1. The highest BCUT2D eigenvalue weighted by Crippen LogP contribution is 2.23. The maximum atomic E-state index is 13.6. The smallest absolute Gasteiger partial charge is 0.168 e. The van der Waals surface area contributed by atoms with Gasteiger partial charge in [0.1, 0.15) is 0 Å². The topological polar surface area (TPSA) is 55.0 Å². The molecule has 0 fully saturated rings. The van der Waals surface area contributed by atoms with Crippen LogP contribution in [-0.4, -0.2) is 17.0 Å². The second-order valence-electron chi connectivity index (χ2n) is 3.88. The lowest BCUT2D eigenvalue weighted by molar-refractivity contribution is 0.574. The Hall–Kier alpha value is -1.76. The molecule has 4 nitrogen and oxygen atoms in total. The van der Waals surface area contributed by atoms with E-state index in [0.29, 0.717) is 6.54 Å². The number of aryl methyl sites for hydroxylation is 1. The fraction of sp³-hybridized carbons (Fsp3) is 0.273. The molecule has 0 aliphatic carbocycles. The molecule has 2 rings (SSSR count). The predicted octanol–water partition coefficient (Wildman–Crippen LogP) is 2.34. The van der Waals surface area contributed by atoms with Gasteiger partial charge < -0.3 is 10.6 Å².